The number of hydrogen-bond donors (Lipinski definition) is 1. The first kappa shape index (κ1) is 15.0. The second-order valence-electron chi connectivity index (χ2n) is 5.40. The van der Waals surface area contributed by atoms with Gasteiger partial charge in [-0.3, -0.25) is 4.79 Å². The monoisotopic (exact) mass is 305 g/mol. The van der Waals surface area contributed by atoms with Crippen LogP contribution in [0.25, 0.3) is 5.69 Å². The highest BCUT2D eigenvalue weighted by Crippen LogP contribution is 2.13. The first-order valence-corrected chi connectivity index (χ1v) is 7.72. The third-order valence-electron chi connectivity index (χ3n) is 3.69. The van der Waals surface area contributed by atoms with Gasteiger partial charge in [0.1, 0.15) is 0 Å². The van der Waals surface area contributed by atoms with Gasteiger partial charge in [0.25, 0.3) is 0 Å². The van der Waals surface area contributed by atoms with Crippen molar-refractivity contribution in [1.29, 1.82) is 0 Å². The minimum atomic E-state index is -0.00917. The largest absolute Gasteiger partial charge is 0.326 e. The molecule has 0 unspecified atom stereocenters. The lowest BCUT2D eigenvalue weighted by atomic mass is 10.1. The quantitative estimate of drug-likeness (QED) is 0.782. The minimum absolute atomic E-state index is 0.00917. The molecule has 1 heterocycles. The average Bonchev–Trinajstić information content (AvgIpc) is 3.10. The van der Waals surface area contributed by atoms with Crippen LogP contribution in [0, 0.1) is 0 Å². The van der Waals surface area contributed by atoms with Gasteiger partial charge in [-0.1, -0.05) is 31.2 Å². The van der Waals surface area contributed by atoms with E-state index in [1.54, 1.807) is 10.9 Å². The second kappa shape index (κ2) is 6.92. The van der Waals surface area contributed by atoms with E-state index in [0.29, 0.717) is 6.42 Å². The number of rotatable bonds is 5. The SMILES string of the molecule is CCc1cccc(NC(=O)Cc2ccc(-n3cccn3)cc2)c1. The van der Waals surface area contributed by atoms with Gasteiger partial charge in [0.15, 0.2) is 0 Å². The summed E-state index contributed by atoms with van der Waals surface area (Å²) in [5, 5.41) is 7.14. The van der Waals surface area contributed by atoms with Gasteiger partial charge >= 0.3 is 0 Å². The Morgan fingerprint density at radius 2 is 1.91 bits per heavy atom. The number of hydrogen-bond acceptors (Lipinski definition) is 2. The van der Waals surface area contributed by atoms with Crippen molar-refractivity contribution >= 4 is 11.6 Å². The third kappa shape index (κ3) is 3.86. The number of benzene rings is 2. The van der Waals surface area contributed by atoms with E-state index in [9.17, 15) is 4.79 Å². The van der Waals surface area contributed by atoms with Gasteiger partial charge in [-0.05, 0) is 47.9 Å². The van der Waals surface area contributed by atoms with Gasteiger partial charge < -0.3 is 5.32 Å². The Morgan fingerprint density at radius 1 is 1.09 bits per heavy atom. The summed E-state index contributed by atoms with van der Waals surface area (Å²) in [4.78, 5) is 12.2. The van der Waals surface area contributed by atoms with Gasteiger partial charge in [0, 0.05) is 18.1 Å². The van der Waals surface area contributed by atoms with E-state index < -0.39 is 0 Å². The lowest BCUT2D eigenvalue weighted by Gasteiger charge is -2.07. The maximum atomic E-state index is 12.2. The molecule has 0 spiro atoms. The number of carbonyl (C=O) groups is 1. The number of aryl methyl sites for hydroxylation is 1. The molecule has 3 aromatic rings. The molecule has 2 aromatic carbocycles. The molecule has 1 aromatic heterocycles. The molecule has 0 bridgehead atoms. The molecule has 1 amide bonds. The number of nitrogens with zero attached hydrogens (tertiary/aromatic N) is 2. The number of carbonyl (C=O) groups excluding carboxylic acids is 1. The Morgan fingerprint density at radius 3 is 2.61 bits per heavy atom. The minimum Gasteiger partial charge on any atom is -0.326 e. The van der Waals surface area contributed by atoms with Crippen LogP contribution in [0.2, 0.25) is 0 Å². The molecule has 4 nitrogen and oxygen atoms in total. The summed E-state index contributed by atoms with van der Waals surface area (Å²) in [5.74, 6) is -0.00917. The van der Waals surface area contributed by atoms with E-state index in [2.05, 4.69) is 23.4 Å². The Labute approximate surface area is 135 Å². The zero-order valence-electron chi connectivity index (χ0n) is 13.1. The molecule has 0 radical (unpaired) electrons. The molecule has 0 aliphatic heterocycles. The van der Waals surface area contributed by atoms with Crippen molar-refractivity contribution in [2.45, 2.75) is 19.8 Å². The summed E-state index contributed by atoms with van der Waals surface area (Å²) in [6, 6.07) is 17.7. The highest BCUT2D eigenvalue weighted by Gasteiger charge is 2.05. The summed E-state index contributed by atoms with van der Waals surface area (Å²) >= 11 is 0. The molecule has 1 N–H and O–H groups in total. The predicted molar refractivity (Wildman–Crippen MR) is 91.7 cm³/mol. The molecule has 3 rings (SSSR count). The lowest BCUT2D eigenvalue weighted by molar-refractivity contribution is -0.115. The molecule has 0 saturated carbocycles. The third-order valence-corrected chi connectivity index (χ3v) is 3.69. The maximum absolute atomic E-state index is 12.2. The molecular weight excluding hydrogens is 286 g/mol. The zero-order chi connectivity index (χ0) is 16.1. The fraction of sp³-hybridized carbons (Fsp3) is 0.158. The molecule has 0 atom stereocenters. The van der Waals surface area contributed by atoms with Gasteiger partial charge in [-0.2, -0.15) is 5.10 Å². The second-order valence-corrected chi connectivity index (χ2v) is 5.40. The molecule has 0 aliphatic rings. The van der Waals surface area contributed by atoms with Crippen molar-refractivity contribution < 1.29 is 4.79 Å². The van der Waals surface area contributed by atoms with Crippen LogP contribution in [-0.2, 0) is 17.6 Å². The normalized spacial score (nSPS) is 10.5. The van der Waals surface area contributed by atoms with Crippen molar-refractivity contribution in [3.63, 3.8) is 0 Å². The van der Waals surface area contributed by atoms with Crippen LogP contribution in [-0.4, -0.2) is 15.7 Å². The van der Waals surface area contributed by atoms with Crippen LogP contribution in [0.4, 0.5) is 5.69 Å². The number of anilines is 1. The Balaban J connectivity index is 1.63. The van der Waals surface area contributed by atoms with E-state index in [1.165, 1.54) is 5.56 Å². The van der Waals surface area contributed by atoms with E-state index in [-0.39, 0.29) is 5.91 Å². The predicted octanol–water partition coefficient (Wildman–Crippen LogP) is 3.62. The Hall–Kier alpha value is -2.88. The van der Waals surface area contributed by atoms with Gasteiger partial charge in [-0.25, -0.2) is 4.68 Å². The lowest BCUT2D eigenvalue weighted by Crippen LogP contribution is -2.14. The van der Waals surface area contributed by atoms with Crippen molar-refractivity contribution in [3.8, 4) is 5.69 Å². The zero-order valence-corrected chi connectivity index (χ0v) is 13.1. The fourth-order valence-corrected chi connectivity index (χ4v) is 2.45. The van der Waals surface area contributed by atoms with E-state index in [4.69, 9.17) is 0 Å². The Kier molecular flexibility index (Phi) is 4.52. The molecule has 116 valence electrons. The van der Waals surface area contributed by atoms with Crippen molar-refractivity contribution in [2.24, 2.45) is 0 Å². The topological polar surface area (TPSA) is 46.9 Å². The summed E-state index contributed by atoms with van der Waals surface area (Å²) in [6.07, 6.45) is 4.95. The molecule has 4 heteroatoms. The van der Waals surface area contributed by atoms with Crippen LogP contribution in [0.5, 0.6) is 0 Å². The van der Waals surface area contributed by atoms with Crippen molar-refractivity contribution in [2.75, 3.05) is 5.32 Å². The van der Waals surface area contributed by atoms with Crippen molar-refractivity contribution in [1.82, 2.24) is 9.78 Å². The van der Waals surface area contributed by atoms with E-state index >= 15 is 0 Å². The number of amides is 1. The maximum Gasteiger partial charge on any atom is 0.228 e. The summed E-state index contributed by atoms with van der Waals surface area (Å²) < 4.78 is 1.79. The van der Waals surface area contributed by atoms with Crippen LogP contribution in [0.3, 0.4) is 0 Å². The molecule has 23 heavy (non-hydrogen) atoms. The highest BCUT2D eigenvalue weighted by molar-refractivity contribution is 5.92. The summed E-state index contributed by atoms with van der Waals surface area (Å²) in [7, 11) is 0. The number of nitrogens with one attached hydrogen (secondary N) is 1. The van der Waals surface area contributed by atoms with Crippen LogP contribution in [0.1, 0.15) is 18.1 Å². The fourth-order valence-electron chi connectivity index (χ4n) is 2.45. The Bertz CT molecular complexity index is 777. The highest BCUT2D eigenvalue weighted by atomic mass is 16.1. The smallest absolute Gasteiger partial charge is 0.228 e. The molecule has 0 aliphatic carbocycles. The summed E-state index contributed by atoms with van der Waals surface area (Å²) in [6.45, 7) is 2.10. The first-order chi connectivity index (χ1) is 11.2. The molecule has 0 fully saturated rings. The van der Waals surface area contributed by atoms with Gasteiger partial charge in [0.2, 0.25) is 5.91 Å². The first-order valence-electron chi connectivity index (χ1n) is 7.72. The van der Waals surface area contributed by atoms with Gasteiger partial charge in [0.05, 0.1) is 12.1 Å². The van der Waals surface area contributed by atoms with E-state index in [1.807, 2.05) is 54.7 Å². The average molecular weight is 305 g/mol. The summed E-state index contributed by atoms with van der Waals surface area (Å²) in [5.41, 5.74) is 4.02. The van der Waals surface area contributed by atoms with Crippen LogP contribution >= 0.6 is 0 Å². The number of aromatic nitrogens is 2. The van der Waals surface area contributed by atoms with E-state index in [0.717, 1.165) is 23.4 Å². The van der Waals surface area contributed by atoms with Crippen LogP contribution in [0.15, 0.2) is 67.0 Å². The molecular formula is C19H19N3O. The van der Waals surface area contributed by atoms with Crippen LogP contribution < -0.4 is 5.32 Å². The van der Waals surface area contributed by atoms with Crippen molar-refractivity contribution in [3.05, 3.63) is 78.1 Å². The standard InChI is InChI=1S/C19H19N3O/c1-2-15-5-3-6-17(13-15)21-19(23)14-16-7-9-18(10-8-16)22-12-4-11-20-22/h3-13H,2,14H2,1H3,(H,21,23). The van der Waals surface area contributed by atoms with Gasteiger partial charge in [-0.15, -0.1) is 0 Å². The molecule has 0 saturated heterocycles.